The first-order chi connectivity index (χ1) is 12.8. The van der Waals surface area contributed by atoms with Crippen LogP contribution in [0.2, 0.25) is 0 Å². The topological polar surface area (TPSA) is 62.5 Å². The van der Waals surface area contributed by atoms with Crippen molar-refractivity contribution in [1.82, 2.24) is 9.13 Å². The Morgan fingerprint density at radius 1 is 1.19 bits per heavy atom. The van der Waals surface area contributed by atoms with Gasteiger partial charge in [-0.15, -0.1) is 0 Å². The minimum absolute atomic E-state index is 0.0880. The quantitative estimate of drug-likeness (QED) is 0.711. The number of hydrogen-bond donors (Lipinski definition) is 0. The van der Waals surface area contributed by atoms with E-state index in [1.54, 1.807) is 31.4 Å². The number of hydrogen-bond acceptors (Lipinski definition) is 4. The Balaban J connectivity index is 1.95. The van der Waals surface area contributed by atoms with Crippen LogP contribution in [0.5, 0.6) is 11.5 Å². The number of halogens is 1. The van der Waals surface area contributed by atoms with Gasteiger partial charge in [0.15, 0.2) is 0 Å². The number of rotatable bonds is 3. The molecule has 0 unspecified atom stereocenters. The summed E-state index contributed by atoms with van der Waals surface area (Å²) in [5, 5.41) is 0.133. The van der Waals surface area contributed by atoms with Crippen molar-refractivity contribution in [1.29, 1.82) is 0 Å². The Kier molecular flexibility index (Phi) is 3.83. The second kappa shape index (κ2) is 5.97. The van der Waals surface area contributed by atoms with Gasteiger partial charge < -0.3 is 9.47 Å². The summed E-state index contributed by atoms with van der Waals surface area (Å²) in [6, 6.07) is 9.47. The van der Waals surface area contributed by atoms with Crippen molar-refractivity contribution < 1.29 is 13.9 Å². The Hall–Kier alpha value is -3.09. The van der Waals surface area contributed by atoms with E-state index in [0.29, 0.717) is 11.3 Å². The van der Waals surface area contributed by atoms with Crippen molar-refractivity contribution in [2.45, 2.75) is 32.5 Å². The van der Waals surface area contributed by atoms with Crippen molar-refractivity contribution in [3.63, 3.8) is 0 Å². The maximum absolute atomic E-state index is 14.1. The smallest absolute Gasteiger partial charge is 0.332 e. The van der Waals surface area contributed by atoms with Crippen LogP contribution in [0.1, 0.15) is 19.4 Å². The number of benzene rings is 2. The second-order valence-electron chi connectivity index (χ2n) is 7.27. The molecule has 140 valence electrons. The third kappa shape index (κ3) is 2.89. The maximum atomic E-state index is 14.1. The zero-order chi connectivity index (χ0) is 19.3. The average Bonchev–Trinajstić information content (AvgIpc) is 2.62. The molecule has 0 saturated carbocycles. The zero-order valence-corrected chi connectivity index (χ0v) is 15.3. The Bertz CT molecular complexity index is 1160. The van der Waals surface area contributed by atoms with Crippen LogP contribution in [-0.2, 0) is 13.1 Å². The number of methoxy groups -OCH3 is 1. The van der Waals surface area contributed by atoms with E-state index in [1.807, 2.05) is 13.8 Å². The van der Waals surface area contributed by atoms with Gasteiger partial charge in [0, 0.05) is 6.07 Å². The number of nitrogens with zero attached hydrogens (tertiary/aromatic N) is 2. The van der Waals surface area contributed by atoms with E-state index in [2.05, 4.69) is 0 Å². The predicted octanol–water partition coefficient (Wildman–Crippen LogP) is 2.53. The minimum atomic E-state index is -0.695. The average molecular weight is 370 g/mol. The molecule has 0 bridgehead atoms. The van der Waals surface area contributed by atoms with Crippen LogP contribution >= 0.6 is 0 Å². The highest BCUT2D eigenvalue weighted by atomic mass is 19.1. The summed E-state index contributed by atoms with van der Waals surface area (Å²) in [7, 11) is 1.57. The van der Waals surface area contributed by atoms with E-state index >= 15 is 0 Å². The first-order valence-corrected chi connectivity index (χ1v) is 8.58. The molecule has 2 heterocycles. The number of ether oxygens (including phenoxy) is 2. The molecule has 0 atom stereocenters. The molecule has 0 saturated heterocycles. The monoisotopic (exact) mass is 370 g/mol. The zero-order valence-electron chi connectivity index (χ0n) is 15.3. The summed E-state index contributed by atoms with van der Waals surface area (Å²) >= 11 is 0. The van der Waals surface area contributed by atoms with Crippen molar-refractivity contribution in [3.8, 4) is 11.5 Å². The molecule has 1 aliphatic heterocycles. The van der Waals surface area contributed by atoms with Crippen LogP contribution in [0.3, 0.4) is 0 Å². The van der Waals surface area contributed by atoms with Crippen LogP contribution in [0.15, 0.2) is 46.0 Å². The summed E-state index contributed by atoms with van der Waals surface area (Å²) in [4.78, 5) is 26.0. The van der Waals surface area contributed by atoms with Gasteiger partial charge in [-0.1, -0.05) is 12.1 Å². The van der Waals surface area contributed by atoms with Gasteiger partial charge in [0.2, 0.25) is 0 Å². The molecule has 0 radical (unpaired) electrons. The summed E-state index contributed by atoms with van der Waals surface area (Å²) in [5.41, 5.74) is -0.555. The Labute approximate surface area is 154 Å². The molecule has 0 N–H and O–H groups in total. The van der Waals surface area contributed by atoms with Crippen LogP contribution < -0.4 is 20.7 Å². The molecule has 6 nitrogen and oxygen atoms in total. The number of aromatic nitrogens is 2. The minimum Gasteiger partial charge on any atom is -0.497 e. The van der Waals surface area contributed by atoms with Crippen molar-refractivity contribution in [2.75, 3.05) is 7.11 Å². The third-order valence-corrected chi connectivity index (χ3v) is 4.67. The van der Waals surface area contributed by atoms with E-state index in [9.17, 15) is 14.0 Å². The molecule has 2 aromatic carbocycles. The SMILES string of the molecule is COc1ccc(Cn2c(=O)c3cc(F)cc4c3n(c2=O)CC(C)(C)O4)cc1. The van der Waals surface area contributed by atoms with Gasteiger partial charge in [0.1, 0.15) is 28.4 Å². The van der Waals surface area contributed by atoms with Crippen LogP contribution in [0.25, 0.3) is 10.9 Å². The summed E-state index contributed by atoms with van der Waals surface area (Å²) in [6.07, 6.45) is 0. The lowest BCUT2D eigenvalue weighted by Gasteiger charge is -2.33. The normalized spacial score (nSPS) is 14.8. The largest absolute Gasteiger partial charge is 0.497 e. The molecule has 1 aliphatic rings. The molecular weight excluding hydrogens is 351 g/mol. The molecular formula is C20H19FN2O4. The fraction of sp³-hybridized carbons (Fsp3) is 0.300. The fourth-order valence-electron chi connectivity index (χ4n) is 3.48. The van der Waals surface area contributed by atoms with Crippen molar-refractivity contribution in [3.05, 3.63) is 68.6 Å². The third-order valence-electron chi connectivity index (χ3n) is 4.67. The Morgan fingerprint density at radius 3 is 2.56 bits per heavy atom. The lowest BCUT2D eigenvalue weighted by atomic mass is 10.1. The first-order valence-electron chi connectivity index (χ1n) is 8.58. The molecule has 0 fully saturated rings. The molecule has 3 aromatic rings. The van der Waals surface area contributed by atoms with Crippen molar-refractivity contribution in [2.24, 2.45) is 0 Å². The highest BCUT2D eigenvalue weighted by Crippen LogP contribution is 2.32. The lowest BCUT2D eigenvalue weighted by molar-refractivity contribution is 0.0783. The first kappa shape index (κ1) is 17.3. The highest BCUT2D eigenvalue weighted by Gasteiger charge is 2.31. The maximum Gasteiger partial charge on any atom is 0.332 e. The van der Waals surface area contributed by atoms with Crippen molar-refractivity contribution >= 4 is 10.9 Å². The predicted molar refractivity (Wildman–Crippen MR) is 99.2 cm³/mol. The molecule has 27 heavy (non-hydrogen) atoms. The van der Waals surface area contributed by atoms with E-state index < -0.39 is 22.7 Å². The molecule has 7 heteroatoms. The molecule has 4 rings (SSSR count). The van der Waals surface area contributed by atoms with Gasteiger partial charge in [-0.2, -0.15) is 0 Å². The second-order valence-corrected chi connectivity index (χ2v) is 7.27. The van der Waals surface area contributed by atoms with Gasteiger partial charge in [0.05, 0.1) is 25.6 Å². The molecule has 1 aromatic heterocycles. The van der Waals surface area contributed by atoms with Crippen LogP contribution in [0, 0.1) is 5.82 Å². The van der Waals surface area contributed by atoms with E-state index in [1.165, 1.54) is 10.6 Å². The van der Waals surface area contributed by atoms with Gasteiger partial charge >= 0.3 is 5.69 Å². The van der Waals surface area contributed by atoms with Gasteiger partial charge in [0.25, 0.3) is 5.56 Å². The molecule has 0 amide bonds. The molecule has 0 aliphatic carbocycles. The molecule has 0 spiro atoms. The summed E-state index contributed by atoms with van der Waals surface area (Å²) < 4.78 is 27.6. The lowest BCUT2D eigenvalue weighted by Crippen LogP contribution is -2.47. The van der Waals surface area contributed by atoms with Gasteiger partial charge in [-0.05, 0) is 37.6 Å². The van der Waals surface area contributed by atoms with Crippen LogP contribution in [0.4, 0.5) is 4.39 Å². The Morgan fingerprint density at radius 2 is 1.89 bits per heavy atom. The van der Waals surface area contributed by atoms with Crippen LogP contribution in [-0.4, -0.2) is 21.8 Å². The highest BCUT2D eigenvalue weighted by molar-refractivity contribution is 5.85. The van der Waals surface area contributed by atoms with E-state index in [-0.39, 0.29) is 24.2 Å². The standard InChI is InChI=1S/C20H19FN2O4/c1-20(2)11-23-17-15(8-13(21)9-16(17)27-20)18(24)22(19(23)25)10-12-4-6-14(26-3)7-5-12/h4-9H,10-11H2,1-3H3. The summed E-state index contributed by atoms with van der Waals surface area (Å²) in [6.45, 7) is 3.99. The summed E-state index contributed by atoms with van der Waals surface area (Å²) in [5.74, 6) is 0.322. The fourth-order valence-corrected chi connectivity index (χ4v) is 3.48. The van der Waals surface area contributed by atoms with Gasteiger partial charge in [-0.25, -0.2) is 9.18 Å². The van der Waals surface area contributed by atoms with Gasteiger partial charge in [-0.3, -0.25) is 13.9 Å². The van der Waals surface area contributed by atoms with E-state index in [4.69, 9.17) is 9.47 Å². The van der Waals surface area contributed by atoms with E-state index in [0.717, 1.165) is 16.2 Å².